The molecule has 0 atom stereocenters. The molecule has 7 nitrogen and oxygen atoms in total. The number of methoxy groups -OCH3 is 1. The zero-order valence-corrected chi connectivity index (χ0v) is 14.1. The van der Waals surface area contributed by atoms with Gasteiger partial charge >= 0.3 is 0 Å². The quantitative estimate of drug-likeness (QED) is 0.767. The van der Waals surface area contributed by atoms with Gasteiger partial charge in [0.05, 0.1) is 12.8 Å². The number of nitrogens with zero attached hydrogens (tertiary/aromatic N) is 5. The molecule has 0 spiro atoms. The number of aromatic nitrogens is 3. The van der Waals surface area contributed by atoms with Gasteiger partial charge in [-0.3, -0.25) is 4.90 Å². The maximum Gasteiger partial charge on any atom is 0.247 e. The summed E-state index contributed by atoms with van der Waals surface area (Å²) in [6.45, 7) is 6.16. The summed E-state index contributed by atoms with van der Waals surface area (Å²) in [7, 11) is 1.68. The van der Waals surface area contributed by atoms with E-state index < -0.39 is 0 Å². The van der Waals surface area contributed by atoms with Crippen molar-refractivity contribution in [1.29, 1.82) is 0 Å². The molecule has 1 aliphatic rings. The Morgan fingerprint density at radius 3 is 2.67 bits per heavy atom. The van der Waals surface area contributed by atoms with E-state index >= 15 is 0 Å². The largest absolute Gasteiger partial charge is 0.383 e. The maximum absolute atomic E-state index is 5.03. The summed E-state index contributed by atoms with van der Waals surface area (Å²) >= 11 is 0. The third-order valence-electron chi connectivity index (χ3n) is 4.06. The highest BCUT2D eigenvalue weighted by molar-refractivity contribution is 5.39. The van der Waals surface area contributed by atoms with Gasteiger partial charge in [-0.2, -0.15) is 10.1 Å². The van der Waals surface area contributed by atoms with Crippen molar-refractivity contribution >= 4 is 11.8 Å². The molecule has 0 radical (unpaired) electrons. The minimum Gasteiger partial charge on any atom is -0.383 e. The van der Waals surface area contributed by atoms with E-state index in [9.17, 15) is 0 Å². The van der Waals surface area contributed by atoms with E-state index in [1.54, 1.807) is 13.3 Å². The van der Waals surface area contributed by atoms with Gasteiger partial charge in [-0.05, 0) is 5.56 Å². The van der Waals surface area contributed by atoms with E-state index in [1.165, 1.54) is 5.56 Å². The predicted octanol–water partition coefficient (Wildman–Crippen LogP) is 1.25. The Morgan fingerprint density at radius 1 is 1.12 bits per heavy atom. The highest BCUT2D eigenvalue weighted by Crippen LogP contribution is 2.14. The lowest BCUT2D eigenvalue weighted by Gasteiger charge is -2.34. The zero-order valence-electron chi connectivity index (χ0n) is 14.1. The molecule has 0 saturated carbocycles. The molecular formula is C17H24N6O. The van der Waals surface area contributed by atoms with E-state index in [4.69, 9.17) is 4.74 Å². The molecule has 2 heterocycles. The lowest BCUT2D eigenvalue weighted by atomic mass is 10.2. The van der Waals surface area contributed by atoms with Crippen LogP contribution in [-0.2, 0) is 11.3 Å². The van der Waals surface area contributed by atoms with Gasteiger partial charge in [0.25, 0.3) is 0 Å². The van der Waals surface area contributed by atoms with Crippen LogP contribution in [0.4, 0.5) is 11.8 Å². The number of benzene rings is 1. The van der Waals surface area contributed by atoms with Gasteiger partial charge in [0.1, 0.15) is 0 Å². The van der Waals surface area contributed by atoms with Gasteiger partial charge < -0.3 is 15.0 Å². The third-order valence-corrected chi connectivity index (χ3v) is 4.06. The van der Waals surface area contributed by atoms with Crippen LogP contribution in [0, 0.1) is 0 Å². The van der Waals surface area contributed by atoms with Crippen LogP contribution in [-0.4, -0.2) is 66.5 Å². The Balaban J connectivity index is 1.52. The van der Waals surface area contributed by atoms with Crippen LogP contribution in [0.3, 0.4) is 0 Å². The predicted molar refractivity (Wildman–Crippen MR) is 94.1 cm³/mol. The molecule has 1 N–H and O–H groups in total. The summed E-state index contributed by atoms with van der Waals surface area (Å²) in [5, 5.41) is 11.4. The van der Waals surface area contributed by atoms with Crippen molar-refractivity contribution in [2.45, 2.75) is 6.54 Å². The maximum atomic E-state index is 5.03. The summed E-state index contributed by atoms with van der Waals surface area (Å²) in [6, 6.07) is 10.6. The first-order valence-electron chi connectivity index (χ1n) is 8.29. The van der Waals surface area contributed by atoms with Gasteiger partial charge in [0.2, 0.25) is 5.95 Å². The summed E-state index contributed by atoms with van der Waals surface area (Å²) in [4.78, 5) is 9.19. The molecule has 1 fully saturated rings. The van der Waals surface area contributed by atoms with Crippen molar-refractivity contribution in [3.8, 4) is 0 Å². The molecule has 7 heteroatoms. The van der Waals surface area contributed by atoms with Crippen molar-refractivity contribution in [3.63, 3.8) is 0 Å². The van der Waals surface area contributed by atoms with Crippen LogP contribution in [0.1, 0.15) is 5.56 Å². The van der Waals surface area contributed by atoms with E-state index in [-0.39, 0.29) is 0 Å². The van der Waals surface area contributed by atoms with Crippen LogP contribution in [0.5, 0.6) is 0 Å². The molecule has 1 aromatic heterocycles. The molecule has 128 valence electrons. The molecule has 24 heavy (non-hydrogen) atoms. The standard InChI is InChI=1S/C17H24N6O/c1-24-12-7-18-16-13-19-21-17(20-16)23-10-8-22(9-11-23)14-15-5-3-2-4-6-15/h2-6,13H,7-12,14H2,1H3,(H,18,20,21). The van der Waals surface area contributed by atoms with Crippen molar-refractivity contribution in [1.82, 2.24) is 20.1 Å². The average molecular weight is 328 g/mol. The van der Waals surface area contributed by atoms with Crippen molar-refractivity contribution < 1.29 is 4.74 Å². The molecular weight excluding hydrogens is 304 g/mol. The second-order valence-electron chi connectivity index (χ2n) is 5.81. The molecule has 1 aliphatic heterocycles. The number of rotatable bonds is 7. The minimum absolute atomic E-state index is 0.636. The van der Waals surface area contributed by atoms with Gasteiger partial charge in [-0.15, -0.1) is 5.10 Å². The Kier molecular flexibility index (Phi) is 5.92. The molecule has 0 aliphatic carbocycles. The lowest BCUT2D eigenvalue weighted by molar-refractivity contribution is 0.210. The van der Waals surface area contributed by atoms with Crippen LogP contribution >= 0.6 is 0 Å². The molecule has 0 unspecified atom stereocenters. The van der Waals surface area contributed by atoms with E-state index in [0.717, 1.165) is 38.5 Å². The monoisotopic (exact) mass is 328 g/mol. The van der Waals surface area contributed by atoms with Crippen LogP contribution in [0.15, 0.2) is 36.5 Å². The summed E-state index contributed by atoms with van der Waals surface area (Å²) < 4.78 is 5.03. The second kappa shape index (κ2) is 8.56. The molecule has 2 aromatic rings. The summed E-state index contributed by atoms with van der Waals surface area (Å²) in [5.41, 5.74) is 1.35. The molecule has 1 saturated heterocycles. The number of nitrogens with one attached hydrogen (secondary N) is 1. The Labute approximate surface area is 142 Å². The first-order chi connectivity index (χ1) is 11.8. The molecule has 1 aromatic carbocycles. The Bertz CT molecular complexity index is 615. The molecule has 3 rings (SSSR count). The minimum atomic E-state index is 0.636. The lowest BCUT2D eigenvalue weighted by Crippen LogP contribution is -2.46. The van der Waals surface area contributed by atoms with E-state index in [1.807, 2.05) is 0 Å². The smallest absolute Gasteiger partial charge is 0.247 e. The van der Waals surface area contributed by atoms with Crippen LogP contribution < -0.4 is 10.2 Å². The molecule has 0 bridgehead atoms. The first-order valence-corrected chi connectivity index (χ1v) is 8.29. The SMILES string of the molecule is COCCNc1cnnc(N2CCN(Cc3ccccc3)CC2)n1. The highest BCUT2D eigenvalue weighted by Gasteiger charge is 2.19. The Morgan fingerprint density at radius 2 is 1.92 bits per heavy atom. The van der Waals surface area contributed by atoms with Gasteiger partial charge in [-0.25, -0.2) is 0 Å². The number of ether oxygens (including phenoxy) is 1. The third kappa shape index (κ3) is 4.62. The fourth-order valence-electron chi connectivity index (χ4n) is 2.74. The van der Waals surface area contributed by atoms with Gasteiger partial charge in [0, 0.05) is 46.4 Å². The summed E-state index contributed by atoms with van der Waals surface area (Å²) in [5.74, 6) is 1.43. The van der Waals surface area contributed by atoms with E-state index in [0.29, 0.717) is 19.1 Å². The Hall–Kier alpha value is -2.25. The van der Waals surface area contributed by atoms with Crippen LogP contribution in [0.2, 0.25) is 0 Å². The van der Waals surface area contributed by atoms with Gasteiger partial charge in [0.15, 0.2) is 5.82 Å². The number of hydrogen-bond acceptors (Lipinski definition) is 7. The number of anilines is 2. The van der Waals surface area contributed by atoms with Crippen molar-refractivity contribution in [2.24, 2.45) is 0 Å². The van der Waals surface area contributed by atoms with Crippen LogP contribution in [0.25, 0.3) is 0 Å². The fraction of sp³-hybridized carbons (Fsp3) is 0.471. The van der Waals surface area contributed by atoms with Gasteiger partial charge in [-0.1, -0.05) is 30.3 Å². The van der Waals surface area contributed by atoms with E-state index in [2.05, 4.69) is 60.6 Å². The molecule has 0 amide bonds. The topological polar surface area (TPSA) is 66.4 Å². The normalized spacial score (nSPS) is 15.5. The average Bonchev–Trinajstić information content (AvgIpc) is 2.64. The van der Waals surface area contributed by atoms with Crippen molar-refractivity contribution in [2.75, 3.05) is 56.7 Å². The highest BCUT2D eigenvalue weighted by atomic mass is 16.5. The number of hydrogen-bond donors (Lipinski definition) is 1. The number of piperazine rings is 1. The fourth-order valence-corrected chi connectivity index (χ4v) is 2.74. The first kappa shape index (κ1) is 16.6. The van der Waals surface area contributed by atoms with Crippen molar-refractivity contribution in [3.05, 3.63) is 42.1 Å². The second-order valence-corrected chi connectivity index (χ2v) is 5.81. The zero-order chi connectivity index (χ0) is 16.6. The summed E-state index contributed by atoms with van der Waals surface area (Å²) in [6.07, 6.45) is 1.64.